The lowest BCUT2D eigenvalue weighted by atomic mass is 10.2. The molecular formula is C11H9FN2O4S2. The summed E-state index contributed by atoms with van der Waals surface area (Å²) in [6, 6.07) is 3.21. The molecule has 2 rings (SSSR count). The fraction of sp³-hybridized carbons (Fsp3) is 0.273. The Labute approximate surface area is 118 Å². The minimum atomic E-state index is -4.07. The molecule has 0 saturated carbocycles. The molecule has 0 amide bonds. The van der Waals surface area contributed by atoms with Crippen molar-refractivity contribution in [3.05, 3.63) is 29.6 Å². The molecule has 0 radical (unpaired) electrons. The number of nitriles is 1. The van der Waals surface area contributed by atoms with Crippen molar-refractivity contribution in [1.29, 1.82) is 5.26 Å². The first kappa shape index (κ1) is 14.8. The lowest BCUT2D eigenvalue weighted by Crippen LogP contribution is -2.41. The Morgan fingerprint density at radius 1 is 1.55 bits per heavy atom. The zero-order valence-electron chi connectivity index (χ0n) is 9.98. The Bertz CT molecular complexity index is 699. The van der Waals surface area contributed by atoms with Crippen LogP contribution in [0.3, 0.4) is 0 Å². The lowest BCUT2D eigenvalue weighted by molar-refractivity contribution is -0.140. The van der Waals surface area contributed by atoms with Crippen molar-refractivity contribution in [2.45, 2.75) is 10.9 Å². The molecule has 1 aliphatic heterocycles. The van der Waals surface area contributed by atoms with Gasteiger partial charge < -0.3 is 5.11 Å². The highest BCUT2D eigenvalue weighted by Crippen LogP contribution is 2.29. The number of halogens is 1. The van der Waals surface area contributed by atoms with Crippen molar-refractivity contribution < 1.29 is 22.7 Å². The van der Waals surface area contributed by atoms with Gasteiger partial charge in [0.15, 0.2) is 0 Å². The van der Waals surface area contributed by atoms with Crippen molar-refractivity contribution in [3.8, 4) is 6.07 Å². The Balaban J connectivity index is 2.46. The molecule has 1 N–H and O–H groups in total. The topological polar surface area (TPSA) is 98.5 Å². The van der Waals surface area contributed by atoms with Crippen LogP contribution in [0.2, 0.25) is 0 Å². The number of aliphatic carboxylic acids is 1. The fourth-order valence-corrected chi connectivity index (χ4v) is 4.91. The van der Waals surface area contributed by atoms with Gasteiger partial charge in [-0.15, -0.1) is 11.8 Å². The van der Waals surface area contributed by atoms with Gasteiger partial charge in [-0.3, -0.25) is 4.79 Å². The first-order chi connectivity index (χ1) is 9.37. The van der Waals surface area contributed by atoms with E-state index in [2.05, 4.69) is 0 Å². The number of rotatable bonds is 3. The molecule has 20 heavy (non-hydrogen) atoms. The number of hydrogen-bond donors (Lipinski definition) is 1. The fourth-order valence-electron chi connectivity index (χ4n) is 1.74. The van der Waals surface area contributed by atoms with Gasteiger partial charge in [0.2, 0.25) is 10.0 Å². The smallest absolute Gasteiger partial charge is 0.322 e. The molecule has 0 bridgehead atoms. The molecule has 0 spiro atoms. The van der Waals surface area contributed by atoms with E-state index in [4.69, 9.17) is 10.4 Å². The van der Waals surface area contributed by atoms with Crippen LogP contribution in [0.1, 0.15) is 5.56 Å². The molecular weight excluding hydrogens is 307 g/mol. The van der Waals surface area contributed by atoms with Crippen LogP contribution >= 0.6 is 11.8 Å². The third kappa shape index (κ3) is 2.49. The summed E-state index contributed by atoms with van der Waals surface area (Å²) in [7, 11) is -4.07. The van der Waals surface area contributed by atoms with Gasteiger partial charge in [-0.25, -0.2) is 12.8 Å². The molecule has 1 aromatic rings. The number of nitrogens with zero attached hydrogens (tertiary/aromatic N) is 2. The maximum Gasteiger partial charge on any atom is 0.322 e. The van der Waals surface area contributed by atoms with Crippen LogP contribution in [0.4, 0.5) is 4.39 Å². The largest absolute Gasteiger partial charge is 0.480 e. The monoisotopic (exact) mass is 316 g/mol. The maximum atomic E-state index is 13.2. The number of carbonyl (C=O) groups is 1. The summed E-state index contributed by atoms with van der Waals surface area (Å²) in [5.41, 5.74) is -0.398. The van der Waals surface area contributed by atoms with E-state index >= 15 is 0 Å². The summed E-state index contributed by atoms with van der Waals surface area (Å²) in [5.74, 6) is -1.89. The Morgan fingerprint density at radius 2 is 2.25 bits per heavy atom. The molecule has 1 saturated heterocycles. The van der Waals surface area contributed by atoms with Gasteiger partial charge in [0.1, 0.15) is 17.9 Å². The van der Waals surface area contributed by atoms with Gasteiger partial charge in [-0.05, 0) is 18.2 Å². The van der Waals surface area contributed by atoms with Crippen LogP contribution < -0.4 is 0 Å². The van der Waals surface area contributed by atoms with Crippen LogP contribution in [-0.4, -0.2) is 41.5 Å². The standard InChI is InChI=1S/C11H9FN2O4S2/c12-9-2-1-8(3-7(9)4-13)20(17,18)14-6-19-5-10(14)11(15)16/h1-3,10H,5-6H2,(H,15,16)/t10-/m0/s1. The van der Waals surface area contributed by atoms with E-state index in [1.165, 1.54) is 11.8 Å². The first-order valence-electron chi connectivity index (χ1n) is 5.40. The zero-order chi connectivity index (χ0) is 14.9. The quantitative estimate of drug-likeness (QED) is 0.887. The van der Waals surface area contributed by atoms with Crippen molar-refractivity contribution in [3.63, 3.8) is 0 Å². The minimum absolute atomic E-state index is 0.0125. The molecule has 1 heterocycles. The van der Waals surface area contributed by atoms with Gasteiger partial charge in [0, 0.05) is 5.75 Å². The van der Waals surface area contributed by atoms with E-state index in [-0.39, 0.29) is 16.5 Å². The van der Waals surface area contributed by atoms with E-state index in [1.807, 2.05) is 0 Å². The molecule has 0 aromatic heterocycles. The van der Waals surface area contributed by atoms with E-state index in [0.717, 1.165) is 22.5 Å². The van der Waals surface area contributed by atoms with Gasteiger partial charge in [0.25, 0.3) is 0 Å². The second-order valence-electron chi connectivity index (χ2n) is 4.00. The second-order valence-corrected chi connectivity index (χ2v) is 6.89. The number of carboxylic acid groups (broad SMARTS) is 1. The van der Waals surface area contributed by atoms with Crippen molar-refractivity contribution in [2.24, 2.45) is 0 Å². The van der Waals surface area contributed by atoms with Crippen LogP contribution in [0.25, 0.3) is 0 Å². The SMILES string of the molecule is N#Cc1cc(S(=O)(=O)N2CSC[C@H]2C(=O)O)ccc1F. The summed E-state index contributed by atoms with van der Waals surface area (Å²) in [6.45, 7) is 0. The average molecular weight is 316 g/mol. The van der Waals surface area contributed by atoms with Gasteiger partial charge in [0.05, 0.1) is 16.3 Å². The number of thioether (sulfide) groups is 1. The summed E-state index contributed by atoms with van der Waals surface area (Å²) in [4.78, 5) is 10.7. The van der Waals surface area contributed by atoms with Crippen LogP contribution in [0.15, 0.2) is 23.1 Å². The van der Waals surface area contributed by atoms with E-state index < -0.39 is 33.4 Å². The molecule has 106 valence electrons. The molecule has 1 aromatic carbocycles. The molecule has 1 atom stereocenters. The molecule has 1 fully saturated rings. The molecule has 1 aliphatic rings. The first-order valence-corrected chi connectivity index (χ1v) is 7.99. The van der Waals surface area contributed by atoms with Gasteiger partial charge >= 0.3 is 5.97 Å². The van der Waals surface area contributed by atoms with Crippen LogP contribution in [0.5, 0.6) is 0 Å². The van der Waals surface area contributed by atoms with Crippen LogP contribution in [0, 0.1) is 17.1 Å². The highest BCUT2D eigenvalue weighted by molar-refractivity contribution is 8.00. The summed E-state index contributed by atoms with van der Waals surface area (Å²) in [5, 5.41) is 17.7. The highest BCUT2D eigenvalue weighted by Gasteiger charge is 2.40. The third-order valence-electron chi connectivity index (χ3n) is 2.79. The van der Waals surface area contributed by atoms with E-state index in [9.17, 15) is 17.6 Å². The van der Waals surface area contributed by atoms with Crippen molar-refractivity contribution in [1.82, 2.24) is 4.31 Å². The zero-order valence-corrected chi connectivity index (χ0v) is 11.6. The number of carboxylic acids is 1. The van der Waals surface area contributed by atoms with Crippen LogP contribution in [-0.2, 0) is 14.8 Å². The minimum Gasteiger partial charge on any atom is -0.480 e. The highest BCUT2D eigenvalue weighted by atomic mass is 32.2. The second kappa shape index (κ2) is 5.40. The Kier molecular flexibility index (Phi) is 3.99. The number of benzene rings is 1. The predicted octanol–water partition coefficient (Wildman–Crippen LogP) is 0.846. The molecule has 6 nitrogen and oxygen atoms in total. The summed E-state index contributed by atoms with van der Waals surface area (Å²) >= 11 is 1.18. The van der Waals surface area contributed by atoms with Crippen molar-refractivity contribution >= 4 is 27.8 Å². The van der Waals surface area contributed by atoms with Gasteiger partial charge in [-0.2, -0.15) is 9.57 Å². The normalized spacial score (nSPS) is 19.7. The maximum absolute atomic E-state index is 13.2. The average Bonchev–Trinajstić information content (AvgIpc) is 2.89. The Hall–Kier alpha value is -1.63. The molecule has 9 heteroatoms. The van der Waals surface area contributed by atoms with Gasteiger partial charge in [-0.1, -0.05) is 0 Å². The third-order valence-corrected chi connectivity index (χ3v) is 5.82. The molecule has 0 unspecified atom stereocenters. The van der Waals surface area contributed by atoms with Crippen molar-refractivity contribution in [2.75, 3.05) is 11.6 Å². The number of sulfonamides is 1. The van der Waals surface area contributed by atoms with E-state index in [0.29, 0.717) is 0 Å². The summed E-state index contributed by atoms with van der Waals surface area (Å²) in [6.07, 6.45) is 0. The lowest BCUT2D eigenvalue weighted by Gasteiger charge is -2.20. The molecule has 0 aliphatic carbocycles. The Morgan fingerprint density at radius 3 is 2.85 bits per heavy atom. The predicted molar refractivity (Wildman–Crippen MR) is 68.9 cm³/mol. The number of hydrogen-bond acceptors (Lipinski definition) is 5. The summed E-state index contributed by atoms with van der Waals surface area (Å²) < 4.78 is 38.7. The van der Waals surface area contributed by atoms with E-state index in [1.54, 1.807) is 6.07 Å².